The van der Waals surface area contributed by atoms with E-state index >= 15 is 0 Å². The second-order valence-corrected chi connectivity index (χ2v) is 13.2. The number of para-hydroxylation sites is 1. The molecule has 0 atom stereocenters. The first kappa shape index (κ1) is 25.2. The SMILES string of the molecule is c1ccc(-c2nc(-n3c4c5ccccc5ccc4c4c5ccccc5c5c6ccccc6sc5c43)nc3c2oc2ccccc23)cc1. The quantitative estimate of drug-likeness (QED) is 0.194. The lowest BCUT2D eigenvalue weighted by atomic mass is 9.98. The van der Waals surface area contributed by atoms with Gasteiger partial charge in [-0.15, -0.1) is 11.3 Å². The molecule has 0 unspecified atom stereocenters. The third-order valence-corrected chi connectivity index (χ3v) is 10.8. The average molecular weight is 618 g/mol. The Labute approximate surface area is 271 Å². The smallest absolute Gasteiger partial charge is 0.236 e. The standard InChI is InChI=1S/C42H23N3OS/c1-2-13-25(14-3-1)36-40-37(29-18-8-10-20-32(29)46-40)44-42(43-36)45-38-26-15-5-4-12-24(26)22-23-31(38)34-27-16-6-7-17-28(27)35-30-19-9-11-21-33(30)47-41(35)39(34)45/h1-23H. The minimum Gasteiger partial charge on any atom is -0.452 e. The summed E-state index contributed by atoms with van der Waals surface area (Å²) >= 11 is 1.85. The first-order valence-electron chi connectivity index (χ1n) is 15.8. The molecule has 0 aliphatic heterocycles. The van der Waals surface area contributed by atoms with Gasteiger partial charge in [-0.25, -0.2) is 9.97 Å². The Morgan fingerprint density at radius 1 is 0.511 bits per heavy atom. The second-order valence-electron chi connectivity index (χ2n) is 12.1. The molecule has 4 heterocycles. The van der Waals surface area contributed by atoms with Crippen molar-refractivity contribution in [2.75, 3.05) is 0 Å². The van der Waals surface area contributed by atoms with E-state index in [0.29, 0.717) is 11.5 Å². The molecule has 4 nitrogen and oxygen atoms in total. The van der Waals surface area contributed by atoms with Crippen LogP contribution in [0.15, 0.2) is 144 Å². The van der Waals surface area contributed by atoms with E-state index in [9.17, 15) is 0 Å². The maximum Gasteiger partial charge on any atom is 0.236 e. The summed E-state index contributed by atoms with van der Waals surface area (Å²) in [5, 5.41) is 10.8. The van der Waals surface area contributed by atoms with Crippen LogP contribution < -0.4 is 0 Å². The normalized spacial score (nSPS) is 12.3. The summed E-state index contributed by atoms with van der Waals surface area (Å²) in [5.74, 6) is 0.633. The number of hydrogen-bond donors (Lipinski definition) is 0. The zero-order valence-corrected chi connectivity index (χ0v) is 25.8. The molecular weight excluding hydrogens is 595 g/mol. The Balaban J connectivity index is 1.44. The predicted molar refractivity (Wildman–Crippen MR) is 197 cm³/mol. The van der Waals surface area contributed by atoms with E-state index in [1.807, 2.05) is 47.7 Å². The summed E-state index contributed by atoms with van der Waals surface area (Å²) in [4.78, 5) is 10.8. The average Bonchev–Trinajstić information content (AvgIpc) is 3.82. The third kappa shape index (κ3) is 3.36. The van der Waals surface area contributed by atoms with Crippen molar-refractivity contribution in [2.24, 2.45) is 0 Å². The molecule has 0 bridgehead atoms. The van der Waals surface area contributed by atoms with Crippen LogP contribution in [0.4, 0.5) is 0 Å². The molecule has 218 valence electrons. The van der Waals surface area contributed by atoms with Crippen molar-refractivity contribution in [1.29, 1.82) is 0 Å². The monoisotopic (exact) mass is 617 g/mol. The molecule has 0 saturated heterocycles. The number of thiophene rings is 1. The third-order valence-electron chi connectivity index (χ3n) is 9.59. The number of hydrogen-bond acceptors (Lipinski definition) is 4. The van der Waals surface area contributed by atoms with Crippen molar-refractivity contribution >= 4 is 96.9 Å². The van der Waals surface area contributed by atoms with Gasteiger partial charge in [0, 0.05) is 42.6 Å². The number of aromatic nitrogens is 3. The van der Waals surface area contributed by atoms with E-state index < -0.39 is 0 Å². The van der Waals surface area contributed by atoms with Gasteiger partial charge in [0.2, 0.25) is 5.95 Å². The van der Waals surface area contributed by atoms with Crippen LogP contribution in [0, 0.1) is 0 Å². The van der Waals surface area contributed by atoms with E-state index in [1.54, 1.807) is 0 Å². The molecule has 0 radical (unpaired) electrons. The zero-order valence-electron chi connectivity index (χ0n) is 24.9. The van der Waals surface area contributed by atoms with Gasteiger partial charge in [0.15, 0.2) is 5.58 Å². The van der Waals surface area contributed by atoms with Crippen molar-refractivity contribution in [3.8, 4) is 17.2 Å². The molecular formula is C42H23N3OS. The summed E-state index contributed by atoms with van der Waals surface area (Å²) in [6.07, 6.45) is 0. The minimum absolute atomic E-state index is 0.633. The first-order chi connectivity index (χ1) is 23.3. The number of rotatable bonds is 2. The van der Waals surface area contributed by atoms with Crippen LogP contribution in [0.2, 0.25) is 0 Å². The van der Waals surface area contributed by atoms with E-state index in [1.165, 1.54) is 52.5 Å². The van der Waals surface area contributed by atoms with Gasteiger partial charge < -0.3 is 4.42 Å². The fourth-order valence-electron chi connectivity index (χ4n) is 7.61. The first-order valence-corrected chi connectivity index (χ1v) is 16.6. The second kappa shape index (κ2) is 9.25. The van der Waals surface area contributed by atoms with E-state index in [4.69, 9.17) is 14.4 Å². The fourth-order valence-corrected chi connectivity index (χ4v) is 8.86. The van der Waals surface area contributed by atoms with Gasteiger partial charge in [0.1, 0.15) is 16.8 Å². The molecule has 0 saturated carbocycles. The number of nitrogens with zero attached hydrogens (tertiary/aromatic N) is 3. The Morgan fingerprint density at radius 3 is 2.04 bits per heavy atom. The predicted octanol–water partition coefficient (Wildman–Crippen LogP) is 11.8. The van der Waals surface area contributed by atoms with Crippen LogP contribution in [-0.4, -0.2) is 14.5 Å². The lowest BCUT2D eigenvalue weighted by Gasteiger charge is -2.11. The Hall–Kier alpha value is -6.04. The number of fused-ring (bicyclic) bond motifs is 15. The maximum absolute atomic E-state index is 6.49. The summed E-state index contributed by atoms with van der Waals surface area (Å²) < 4.78 is 11.3. The highest BCUT2D eigenvalue weighted by molar-refractivity contribution is 7.27. The molecule has 7 aromatic carbocycles. The van der Waals surface area contributed by atoms with Crippen LogP contribution in [0.3, 0.4) is 0 Å². The van der Waals surface area contributed by atoms with Crippen molar-refractivity contribution in [3.05, 3.63) is 140 Å². The van der Waals surface area contributed by atoms with E-state index in [2.05, 4.69) is 108 Å². The van der Waals surface area contributed by atoms with Crippen LogP contribution >= 0.6 is 11.3 Å². The Morgan fingerprint density at radius 2 is 1.19 bits per heavy atom. The molecule has 0 spiro atoms. The van der Waals surface area contributed by atoms with Gasteiger partial charge in [0.05, 0.1) is 15.7 Å². The van der Waals surface area contributed by atoms with Crippen molar-refractivity contribution in [1.82, 2.24) is 14.5 Å². The van der Waals surface area contributed by atoms with Gasteiger partial charge >= 0.3 is 0 Å². The molecule has 0 aliphatic carbocycles. The molecule has 11 aromatic rings. The van der Waals surface area contributed by atoms with Crippen LogP contribution in [0.25, 0.3) is 103 Å². The van der Waals surface area contributed by atoms with E-state index in [-0.39, 0.29) is 0 Å². The van der Waals surface area contributed by atoms with Gasteiger partial charge in [-0.1, -0.05) is 121 Å². The fraction of sp³-hybridized carbons (Fsp3) is 0. The zero-order chi connectivity index (χ0) is 30.6. The molecule has 0 amide bonds. The summed E-state index contributed by atoms with van der Waals surface area (Å²) in [6.45, 7) is 0. The Bertz CT molecular complexity index is 3080. The Kier molecular flexibility index (Phi) is 4.96. The molecule has 11 rings (SSSR count). The van der Waals surface area contributed by atoms with Gasteiger partial charge in [-0.3, -0.25) is 4.57 Å². The highest BCUT2D eigenvalue weighted by atomic mass is 32.1. The molecule has 47 heavy (non-hydrogen) atoms. The molecule has 0 fully saturated rings. The van der Waals surface area contributed by atoms with Crippen LogP contribution in [-0.2, 0) is 0 Å². The van der Waals surface area contributed by atoms with Crippen molar-refractivity contribution in [3.63, 3.8) is 0 Å². The largest absolute Gasteiger partial charge is 0.452 e. The molecule has 4 aromatic heterocycles. The van der Waals surface area contributed by atoms with Crippen LogP contribution in [0.5, 0.6) is 0 Å². The topological polar surface area (TPSA) is 43.9 Å². The summed E-state index contributed by atoms with van der Waals surface area (Å²) in [7, 11) is 0. The lowest BCUT2D eigenvalue weighted by Crippen LogP contribution is -2.03. The maximum atomic E-state index is 6.49. The van der Waals surface area contributed by atoms with Gasteiger partial charge in [-0.2, -0.15) is 0 Å². The van der Waals surface area contributed by atoms with Crippen LogP contribution in [0.1, 0.15) is 0 Å². The van der Waals surface area contributed by atoms with Gasteiger partial charge in [0.25, 0.3) is 0 Å². The van der Waals surface area contributed by atoms with E-state index in [0.717, 1.165) is 38.8 Å². The van der Waals surface area contributed by atoms with Crippen molar-refractivity contribution in [2.45, 2.75) is 0 Å². The molecule has 0 N–H and O–H groups in total. The molecule has 0 aliphatic rings. The number of furan rings is 1. The highest BCUT2D eigenvalue weighted by Gasteiger charge is 2.26. The van der Waals surface area contributed by atoms with Crippen molar-refractivity contribution < 1.29 is 4.42 Å². The number of benzene rings is 7. The minimum atomic E-state index is 0.633. The molecule has 5 heteroatoms. The highest BCUT2D eigenvalue weighted by Crippen LogP contribution is 2.49. The van der Waals surface area contributed by atoms with Gasteiger partial charge in [-0.05, 0) is 34.4 Å². The summed E-state index contributed by atoms with van der Waals surface area (Å²) in [6, 6.07) is 49.2. The lowest BCUT2D eigenvalue weighted by molar-refractivity contribution is 0.666. The summed E-state index contributed by atoms with van der Waals surface area (Å²) in [5.41, 5.74) is 6.33.